The van der Waals surface area contributed by atoms with Gasteiger partial charge in [-0.05, 0) is 18.2 Å². The number of halogens is 1. The molecule has 0 atom stereocenters. The molecule has 0 fully saturated rings. The summed E-state index contributed by atoms with van der Waals surface area (Å²) in [4.78, 5) is 13.8. The Morgan fingerprint density at radius 3 is 2.78 bits per heavy atom. The van der Waals surface area contributed by atoms with E-state index in [4.69, 9.17) is 4.74 Å². The fourth-order valence-corrected chi connectivity index (χ4v) is 1.36. The van der Waals surface area contributed by atoms with Crippen molar-refractivity contribution in [1.29, 1.82) is 0 Å². The van der Waals surface area contributed by atoms with Crippen LogP contribution in [0.25, 0.3) is 0 Å². The summed E-state index contributed by atoms with van der Waals surface area (Å²) in [5.74, 6) is -0.800. The molecular formula is C12H9FN2O3. The molecule has 0 aliphatic carbocycles. The maximum Gasteiger partial charge on any atom is 0.272 e. The number of non-ortho nitro benzene ring substituents is 1. The first-order valence-electron chi connectivity index (χ1n) is 5.13. The van der Waals surface area contributed by atoms with Gasteiger partial charge in [0.1, 0.15) is 6.61 Å². The van der Waals surface area contributed by atoms with Crippen LogP contribution >= 0.6 is 0 Å². The number of ether oxygens (including phenoxy) is 1. The van der Waals surface area contributed by atoms with Crippen LogP contribution in [0.2, 0.25) is 0 Å². The fourth-order valence-electron chi connectivity index (χ4n) is 1.36. The minimum atomic E-state index is -0.764. The summed E-state index contributed by atoms with van der Waals surface area (Å²) in [5, 5.41) is 10.4. The molecule has 0 spiro atoms. The van der Waals surface area contributed by atoms with Crippen molar-refractivity contribution in [2.24, 2.45) is 0 Å². The van der Waals surface area contributed by atoms with E-state index in [1.54, 1.807) is 24.4 Å². The van der Waals surface area contributed by atoms with E-state index in [-0.39, 0.29) is 18.0 Å². The highest BCUT2D eigenvalue weighted by molar-refractivity contribution is 5.37. The van der Waals surface area contributed by atoms with Crippen molar-refractivity contribution in [3.05, 3.63) is 64.2 Å². The van der Waals surface area contributed by atoms with Gasteiger partial charge in [0.25, 0.3) is 5.69 Å². The molecule has 0 radical (unpaired) electrons. The molecule has 0 amide bonds. The lowest BCUT2D eigenvalue weighted by atomic mass is 10.3. The number of nitro groups is 1. The molecule has 0 saturated carbocycles. The van der Waals surface area contributed by atoms with E-state index in [9.17, 15) is 14.5 Å². The topological polar surface area (TPSA) is 65.3 Å². The molecule has 0 aliphatic rings. The molecule has 0 aliphatic heterocycles. The fraction of sp³-hybridized carbons (Fsp3) is 0.0833. The third kappa shape index (κ3) is 2.79. The Hall–Kier alpha value is -2.50. The Kier molecular flexibility index (Phi) is 3.47. The molecule has 18 heavy (non-hydrogen) atoms. The van der Waals surface area contributed by atoms with Crippen molar-refractivity contribution >= 4 is 5.69 Å². The maximum atomic E-state index is 13.5. The van der Waals surface area contributed by atoms with E-state index < -0.39 is 10.7 Å². The van der Waals surface area contributed by atoms with Crippen molar-refractivity contribution in [2.75, 3.05) is 0 Å². The van der Waals surface area contributed by atoms with E-state index in [1.807, 2.05) is 0 Å². The number of rotatable bonds is 4. The van der Waals surface area contributed by atoms with Gasteiger partial charge in [-0.3, -0.25) is 15.1 Å². The van der Waals surface area contributed by atoms with E-state index in [2.05, 4.69) is 4.98 Å². The summed E-state index contributed by atoms with van der Waals surface area (Å²) in [6, 6.07) is 8.54. The van der Waals surface area contributed by atoms with Crippen molar-refractivity contribution < 1.29 is 14.1 Å². The number of pyridine rings is 1. The van der Waals surface area contributed by atoms with Crippen molar-refractivity contribution in [2.45, 2.75) is 6.61 Å². The summed E-state index contributed by atoms with van der Waals surface area (Å²) in [6.45, 7) is 0.107. The van der Waals surface area contributed by atoms with E-state index in [0.717, 1.165) is 6.07 Å². The monoisotopic (exact) mass is 248 g/mol. The van der Waals surface area contributed by atoms with Crippen molar-refractivity contribution in [3.63, 3.8) is 0 Å². The zero-order valence-corrected chi connectivity index (χ0v) is 9.25. The second kappa shape index (κ2) is 5.22. The smallest absolute Gasteiger partial charge is 0.272 e. The normalized spacial score (nSPS) is 10.1. The average Bonchev–Trinajstić information content (AvgIpc) is 2.38. The van der Waals surface area contributed by atoms with E-state index in [0.29, 0.717) is 5.69 Å². The third-order valence-electron chi connectivity index (χ3n) is 2.23. The molecule has 5 nitrogen and oxygen atoms in total. The summed E-state index contributed by atoms with van der Waals surface area (Å²) >= 11 is 0. The van der Waals surface area contributed by atoms with Crippen LogP contribution in [0.1, 0.15) is 5.69 Å². The minimum absolute atomic E-state index is 0.0359. The first-order chi connectivity index (χ1) is 8.66. The van der Waals surface area contributed by atoms with Gasteiger partial charge in [0, 0.05) is 12.3 Å². The Morgan fingerprint density at radius 1 is 1.33 bits per heavy atom. The van der Waals surface area contributed by atoms with Gasteiger partial charge >= 0.3 is 0 Å². The number of hydrogen-bond acceptors (Lipinski definition) is 4. The average molecular weight is 248 g/mol. The van der Waals surface area contributed by atoms with Gasteiger partial charge < -0.3 is 4.74 Å². The molecule has 0 bridgehead atoms. The Morgan fingerprint density at radius 2 is 2.17 bits per heavy atom. The molecule has 1 heterocycles. The first-order valence-corrected chi connectivity index (χ1v) is 5.13. The maximum absolute atomic E-state index is 13.5. The minimum Gasteiger partial charge on any atom is -0.484 e. The highest BCUT2D eigenvalue weighted by atomic mass is 19.1. The van der Waals surface area contributed by atoms with Crippen LogP contribution in [0.5, 0.6) is 5.75 Å². The number of hydrogen-bond donors (Lipinski definition) is 0. The second-order valence-electron chi connectivity index (χ2n) is 3.48. The summed E-state index contributed by atoms with van der Waals surface area (Å²) in [7, 11) is 0. The Balaban J connectivity index is 2.08. The van der Waals surface area contributed by atoms with Crippen LogP contribution in [-0.2, 0) is 6.61 Å². The molecule has 0 saturated heterocycles. The van der Waals surface area contributed by atoms with Crippen LogP contribution in [0.3, 0.4) is 0 Å². The predicted molar refractivity (Wildman–Crippen MR) is 61.6 cm³/mol. The molecule has 6 heteroatoms. The summed E-state index contributed by atoms with van der Waals surface area (Å²) < 4.78 is 18.7. The van der Waals surface area contributed by atoms with E-state index in [1.165, 1.54) is 12.1 Å². The number of nitrogens with zero attached hydrogens (tertiary/aromatic N) is 2. The van der Waals surface area contributed by atoms with Gasteiger partial charge in [0.05, 0.1) is 16.7 Å². The van der Waals surface area contributed by atoms with Gasteiger partial charge in [-0.15, -0.1) is 0 Å². The molecule has 0 N–H and O–H groups in total. The SMILES string of the molecule is O=[N+]([O-])c1ccc(OCc2ccccn2)c(F)c1. The lowest BCUT2D eigenvalue weighted by Crippen LogP contribution is -1.99. The van der Waals surface area contributed by atoms with Gasteiger partial charge in [-0.25, -0.2) is 4.39 Å². The zero-order chi connectivity index (χ0) is 13.0. The quantitative estimate of drug-likeness (QED) is 0.616. The highest BCUT2D eigenvalue weighted by Gasteiger charge is 2.11. The molecule has 2 rings (SSSR count). The molecule has 2 aromatic rings. The van der Waals surface area contributed by atoms with Gasteiger partial charge in [0.2, 0.25) is 0 Å². The van der Waals surface area contributed by atoms with Gasteiger partial charge in [-0.2, -0.15) is 0 Å². The molecule has 0 unspecified atom stereocenters. The van der Waals surface area contributed by atoms with E-state index >= 15 is 0 Å². The van der Waals surface area contributed by atoms with Crippen molar-refractivity contribution in [1.82, 2.24) is 4.98 Å². The van der Waals surface area contributed by atoms with Crippen LogP contribution in [0.4, 0.5) is 10.1 Å². The molecule has 1 aromatic heterocycles. The Bertz CT molecular complexity index is 561. The molecule has 1 aromatic carbocycles. The number of benzene rings is 1. The van der Waals surface area contributed by atoms with Gasteiger partial charge in [0.15, 0.2) is 11.6 Å². The Labute approximate surface area is 102 Å². The zero-order valence-electron chi connectivity index (χ0n) is 9.25. The standard InChI is InChI=1S/C12H9FN2O3/c13-11-7-10(15(16)17)4-5-12(11)18-8-9-3-1-2-6-14-9/h1-7H,8H2. The second-order valence-corrected chi connectivity index (χ2v) is 3.48. The number of aromatic nitrogens is 1. The summed E-state index contributed by atoms with van der Waals surface area (Å²) in [6.07, 6.45) is 1.60. The lowest BCUT2D eigenvalue weighted by Gasteiger charge is -2.06. The van der Waals surface area contributed by atoms with Crippen molar-refractivity contribution in [3.8, 4) is 5.75 Å². The highest BCUT2D eigenvalue weighted by Crippen LogP contribution is 2.23. The van der Waals surface area contributed by atoms with Crippen LogP contribution < -0.4 is 4.74 Å². The lowest BCUT2D eigenvalue weighted by molar-refractivity contribution is -0.385. The van der Waals surface area contributed by atoms with Crippen LogP contribution in [0, 0.1) is 15.9 Å². The summed E-state index contributed by atoms with van der Waals surface area (Å²) in [5.41, 5.74) is 0.341. The number of nitro benzene ring substituents is 1. The molecular weight excluding hydrogens is 239 g/mol. The van der Waals surface area contributed by atoms with Gasteiger partial charge in [-0.1, -0.05) is 6.07 Å². The van der Waals surface area contributed by atoms with Crippen LogP contribution in [-0.4, -0.2) is 9.91 Å². The first kappa shape index (κ1) is 12.0. The third-order valence-corrected chi connectivity index (χ3v) is 2.23. The predicted octanol–water partition coefficient (Wildman–Crippen LogP) is 2.71. The molecule has 92 valence electrons. The van der Waals surface area contributed by atoms with Crippen LogP contribution in [0.15, 0.2) is 42.6 Å². The largest absolute Gasteiger partial charge is 0.484 e.